The van der Waals surface area contributed by atoms with Crippen LogP contribution in [0, 0.1) is 0 Å². The van der Waals surface area contributed by atoms with Crippen LogP contribution in [0.3, 0.4) is 0 Å². The Morgan fingerprint density at radius 1 is 1.43 bits per heavy atom. The predicted octanol–water partition coefficient (Wildman–Crippen LogP) is 2.93. The number of nitrogens with zero attached hydrogens (tertiary/aromatic N) is 1. The van der Waals surface area contributed by atoms with Gasteiger partial charge in [0.15, 0.2) is 0 Å². The number of carbonyl (C=O) groups excluding carboxylic acids is 1. The molecule has 1 heterocycles. The molecule has 0 fully saturated rings. The molecular formula is C16H24N2O3. The third-order valence-electron chi connectivity index (χ3n) is 3.72. The Kier molecular flexibility index (Phi) is 4.25. The maximum Gasteiger partial charge on any atom is 0.345 e. The standard InChI is InChI=1S/C16H24N2O3/c1-5-16(20)10-11-18(13-9-7-6-8-12(13)16)14(19)17-21-15(2,3)4/h6-9,20H,5,10-11H2,1-4H3,(H,17,19). The van der Waals surface area contributed by atoms with Crippen molar-refractivity contribution in [1.82, 2.24) is 5.48 Å². The Labute approximate surface area is 125 Å². The monoisotopic (exact) mass is 292 g/mol. The van der Waals surface area contributed by atoms with Gasteiger partial charge in [0, 0.05) is 12.1 Å². The molecule has 5 heteroatoms. The van der Waals surface area contributed by atoms with Crippen LogP contribution in [0.25, 0.3) is 0 Å². The Morgan fingerprint density at radius 2 is 2.10 bits per heavy atom. The van der Waals surface area contributed by atoms with Crippen molar-refractivity contribution in [2.75, 3.05) is 11.4 Å². The zero-order chi connectivity index (χ0) is 15.7. The lowest BCUT2D eigenvalue weighted by molar-refractivity contribution is -0.0522. The molecule has 1 aliphatic rings. The normalized spacial score (nSPS) is 21.9. The van der Waals surface area contributed by atoms with E-state index in [1.165, 1.54) is 0 Å². The summed E-state index contributed by atoms with van der Waals surface area (Å²) in [6.07, 6.45) is 1.14. The fourth-order valence-corrected chi connectivity index (χ4v) is 2.48. The van der Waals surface area contributed by atoms with E-state index >= 15 is 0 Å². The van der Waals surface area contributed by atoms with Gasteiger partial charge in [-0.05, 0) is 39.7 Å². The van der Waals surface area contributed by atoms with Crippen LogP contribution < -0.4 is 10.4 Å². The number of amides is 2. The number of urea groups is 1. The number of hydrogen-bond acceptors (Lipinski definition) is 3. The lowest BCUT2D eigenvalue weighted by Gasteiger charge is -2.39. The van der Waals surface area contributed by atoms with Gasteiger partial charge >= 0.3 is 6.03 Å². The van der Waals surface area contributed by atoms with E-state index in [4.69, 9.17) is 4.84 Å². The van der Waals surface area contributed by atoms with Crippen molar-refractivity contribution in [3.8, 4) is 0 Å². The second kappa shape index (κ2) is 5.66. The molecule has 1 aromatic carbocycles. The summed E-state index contributed by atoms with van der Waals surface area (Å²) in [7, 11) is 0. The summed E-state index contributed by atoms with van der Waals surface area (Å²) in [5.41, 5.74) is 2.71. The molecule has 116 valence electrons. The second-order valence-electron chi connectivity index (χ2n) is 6.43. The number of hydroxylamine groups is 1. The fourth-order valence-electron chi connectivity index (χ4n) is 2.48. The lowest BCUT2D eigenvalue weighted by atomic mass is 9.83. The van der Waals surface area contributed by atoms with E-state index in [0.29, 0.717) is 19.4 Å². The molecule has 0 bridgehead atoms. The van der Waals surface area contributed by atoms with Crippen LogP contribution in [-0.2, 0) is 10.4 Å². The van der Waals surface area contributed by atoms with Crippen LogP contribution in [-0.4, -0.2) is 23.3 Å². The highest BCUT2D eigenvalue weighted by Crippen LogP contribution is 2.40. The molecule has 0 saturated carbocycles. The summed E-state index contributed by atoms with van der Waals surface area (Å²) in [4.78, 5) is 19.3. The predicted molar refractivity (Wildman–Crippen MR) is 82.0 cm³/mol. The van der Waals surface area contributed by atoms with Crippen molar-refractivity contribution in [2.45, 2.75) is 51.7 Å². The highest BCUT2D eigenvalue weighted by Gasteiger charge is 2.37. The summed E-state index contributed by atoms with van der Waals surface area (Å²) >= 11 is 0. The molecule has 1 aliphatic heterocycles. The third kappa shape index (κ3) is 3.36. The molecule has 0 spiro atoms. The van der Waals surface area contributed by atoms with E-state index in [0.717, 1.165) is 11.3 Å². The first-order valence-electron chi connectivity index (χ1n) is 7.34. The molecule has 1 unspecified atom stereocenters. The summed E-state index contributed by atoms with van der Waals surface area (Å²) in [6.45, 7) is 8.02. The van der Waals surface area contributed by atoms with Gasteiger partial charge in [0.2, 0.25) is 0 Å². The number of benzene rings is 1. The zero-order valence-corrected chi connectivity index (χ0v) is 13.1. The smallest absolute Gasteiger partial charge is 0.345 e. The van der Waals surface area contributed by atoms with Crippen molar-refractivity contribution in [3.05, 3.63) is 29.8 Å². The molecule has 5 nitrogen and oxygen atoms in total. The number of carbonyl (C=O) groups is 1. The van der Waals surface area contributed by atoms with E-state index < -0.39 is 11.2 Å². The van der Waals surface area contributed by atoms with Crippen molar-refractivity contribution >= 4 is 11.7 Å². The molecule has 21 heavy (non-hydrogen) atoms. The maximum absolute atomic E-state index is 12.3. The Bertz CT molecular complexity index is 524. The average Bonchev–Trinajstić information content (AvgIpc) is 2.45. The quantitative estimate of drug-likeness (QED) is 0.824. The molecule has 2 amide bonds. The van der Waals surface area contributed by atoms with Gasteiger partial charge in [-0.1, -0.05) is 25.1 Å². The molecule has 0 aliphatic carbocycles. The van der Waals surface area contributed by atoms with E-state index in [2.05, 4.69) is 5.48 Å². The minimum atomic E-state index is -0.863. The van der Waals surface area contributed by atoms with Gasteiger partial charge in [-0.15, -0.1) is 0 Å². The second-order valence-corrected chi connectivity index (χ2v) is 6.43. The highest BCUT2D eigenvalue weighted by molar-refractivity contribution is 5.93. The summed E-state index contributed by atoms with van der Waals surface area (Å²) in [5, 5.41) is 10.7. The van der Waals surface area contributed by atoms with Crippen LogP contribution in [0.5, 0.6) is 0 Å². The number of anilines is 1. The molecule has 2 rings (SSSR count). The maximum atomic E-state index is 12.3. The lowest BCUT2D eigenvalue weighted by Crippen LogP contribution is -2.48. The molecular weight excluding hydrogens is 268 g/mol. The van der Waals surface area contributed by atoms with Gasteiger partial charge in [-0.3, -0.25) is 9.74 Å². The number of hydrogen-bond donors (Lipinski definition) is 2. The summed E-state index contributed by atoms with van der Waals surface area (Å²) in [5.74, 6) is 0. The first-order valence-corrected chi connectivity index (χ1v) is 7.34. The minimum absolute atomic E-state index is 0.310. The van der Waals surface area contributed by atoms with Crippen LogP contribution in [0.15, 0.2) is 24.3 Å². The molecule has 0 saturated heterocycles. The number of rotatable bonds is 2. The van der Waals surface area contributed by atoms with Crippen molar-refractivity contribution in [1.29, 1.82) is 0 Å². The van der Waals surface area contributed by atoms with E-state index in [1.807, 2.05) is 52.0 Å². The average molecular weight is 292 g/mol. The molecule has 2 N–H and O–H groups in total. The van der Waals surface area contributed by atoms with E-state index in [1.54, 1.807) is 4.90 Å². The number of para-hydroxylation sites is 1. The van der Waals surface area contributed by atoms with Crippen LogP contribution in [0.1, 0.15) is 46.1 Å². The number of fused-ring (bicyclic) bond motifs is 1. The Balaban J connectivity index is 2.23. The van der Waals surface area contributed by atoms with Crippen molar-refractivity contribution in [2.24, 2.45) is 0 Å². The largest absolute Gasteiger partial charge is 0.385 e. The zero-order valence-electron chi connectivity index (χ0n) is 13.1. The number of aliphatic hydroxyl groups is 1. The van der Waals surface area contributed by atoms with Gasteiger partial charge in [-0.25, -0.2) is 10.3 Å². The van der Waals surface area contributed by atoms with Gasteiger partial charge in [0.1, 0.15) is 0 Å². The first-order chi connectivity index (χ1) is 9.77. The molecule has 1 atom stereocenters. The topological polar surface area (TPSA) is 61.8 Å². The van der Waals surface area contributed by atoms with Crippen LogP contribution >= 0.6 is 0 Å². The van der Waals surface area contributed by atoms with Crippen molar-refractivity contribution < 1.29 is 14.7 Å². The molecule has 0 radical (unpaired) electrons. The highest BCUT2D eigenvalue weighted by atomic mass is 16.7. The van der Waals surface area contributed by atoms with Gasteiger partial charge in [-0.2, -0.15) is 0 Å². The van der Waals surface area contributed by atoms with Crippen LogP contribution in [0.2, 0.25) is 0 Å². The summed E-state index contributed by atoms with van der Waals surface area (Å²) < 4.78 is 0. The molecule has 0 aromatic heterocycles. The first kappa shape index (κ1) is 15.8. The van der Waals surface area contributed by atoms with E-state index in [-0.39, 0.29) is 6.03 Å². The van der Waals surface area contributed by atoms with Gasteiger partial charge in [0.05, 0.1) is 16.9 Å². The Hall–Kier alpha value is -1.59. The van der Waals surface area contributed by atoms with Crippen molar-refractivity contribution in [3.63, 3.8) is 0 Å². The van der Waals surface area contributed by atoms with Gasteiger partial charge < -0.3 is 5.11 Å². The fraction of sp³-hybridized carbons (Fsp3) is 0.562. The minimum Gasteiger partial charge on any atom is -0.385 e. The molecule has 1 aromatic rings. The summed E-state index contributed by atoms with van der Waals surface area (Å²) in [6, 6.07) is 7.17. The van der Waals surface area contributed by atoms with Gasteiger partial charge in [0.25, 0.3) is 0 Å². The van der Waals surface area contributed by atoms with Crippen LogP contribution in [0.4, 0.5) is 10.5 Å². The number of nitrogens with one attached hydrogen (secondary N) is 1. The Morgan fingerprint density at radius 3 is 2.71 bits per heavy atom. The van der Waals surface area contributed by atoms with E-state index in [9.17, 15) is 9.90 Å². The SMILES string of the molecule is CCC1(O)CCN(C(=O)NOC(C)(C)C)c2ccccc21. The third-order valence-corrected chi connectivity index (χ3v) is 3.72.